The number of alkyl halides is 1. The number of rotatable bonds is 3. The molecule has 2 aliphatic rings. The molecule has 4 nitrogen and oxygen atoms in total. The SMILES string of the molecule is O=C1Cn2c(C3CC3)nc(Br)c2CN1CCF. The first-order valence-electron chi connectivity index (χ1n) is 5.79. The van der Waals surface area contributed by atoms with Crippen LogP contribution in [0.1, 0.15) is 30.3 Å². The molecule has 0 saturated heterocycles. The highest BCUT2D eigenvalue weighted by molar-refractivity contribution is 9.10. The van der Waals surface area contributed by atoms with Crippen LogP contribution in [0.4, 0.5) is 4.39 Å². The van der Waals surface area contributed by atoms with Crippen molar-refractivity contribution in [3.05, 3.63) is 16.1 Å². The van der Waals surface area contributed by atoms with Crippen molar-refractivity contribution < 1.29 is 9.18 Å². The second-order valence-electron chi connectivity index (χ2n) is 4.57. The molecule has 0 N–H and O–H groups in total. The van der Waals surface area contributed by atoms with Crippen molar-refractivity contribution in [1.29, 1.82) is 0 Å². The minimum Gasteiger partial charge on any atom is -0.333 e. The van der Waals surface area contributed by atoms with Crippen molar-refractivity contribution in [2.24, 2.45) is 0 Å². The van der Waals surface area contributed by atoms with E-state index >= 15 is 0 Å². The Balaban J connectivity index is 1.94. The summed E-state index contributed by atoms with van der Waals surface area (Å²) in [5.41, 5.74) is 1.000. The Morgan fingerprint density at radius 2 is 2.18 bits per heavy atom. The van der Waals surface area contributed by atoms with E-state index in [4.69, 9.17) is 0 Å². The first kappa shape index (κ1) is 11.2. The summed E-state index contributed by atoms with van der Waals surface area (Å²) in [6, 6.07) is 0. The lowest BCUT2D eigenvalue weighted by atomic mass is 10.3. The monoisotopic (exact) mass is 301 g/mol. The molecule has 1 aromatic heterocycles. The Morgan fingerprint density at radius 1 is 1.41 bits per heavy atom. The second-order valence-corrected chi connectivity index (χ2v) is 5.32. The van der Waals surface area contributed by atoms with Crippen LogP contribution in [0.5, 0.6) is 0 Å². The van der Waals surface area contributed by atoms with E-state index in [1.54, 1.807) is 4.90 Å². The van der Waals surface area contributed by atoms with Gasteiger partial charge in [0.25, 0.3) is 0 Å². The highest BCUT2D eigenvalue weighted by atomic mass is 79.9. The summed E-state index contributed by atoms with van der Waals surface area (Å²) in [6.45, 7) is 0.449. The van der Waals surface area contributed by atoms with Gasteiger partial charge in [-0.05, 0) is 28.8 Å². The summed E-state index contributed by atoms with van der Waals surface area (Å²) < 4.78 is 15.1. The van der Waals surface area contributed by atoms with E-state index in [0.29, 0.717) is 19.0 Å². The molecule has 0 unspecified atom stereocenters. The normalized spacial score (nSPS) is 19.6. The number of imidazole rings is 1. The number of hydrogen-bond donors (Lipinski definition) is 0. The summed E-state index contributed by atoms with van der Waals surface area (Å²) >= 11 is 3.43. The van der Waals surface area contributed by atoms with Gasteiger partial charge in [-0.15, -0.1) is 0 Å². The molecular formula is C11H13BrFN3O. The van der Waals surface area contributed by atoms with Crippen LogP contribution in [0.3, 0.4) is 0 Å². The van der Waals surface area contributed by atoms with E-state index in [1.807, 2.05) is 4.57 Å². The Bertz CT molecular complexity index is 470. The molecule has 1 amide bonds. The molecule has 0 aromatic carbocycles. The second kappa shape index (κ2) is 4.08. The molecule has 1 aliphatic heterocycles. The number of nitrogens with zero attached hydrogens (tertiary/aromatic N) is 3. The lowest BCUT2D eigenvalue weighted by Crippen LogP contribution is -2.40. The molecule has 2 heterocycles. The molecule has 1 aliphatic carbocycles. The molecule has 1 saturated carbocycles. The van der Waals surface area contributed by atoms with Crippen LogP contribution in [0.15, 0.2) is 4.60 Å². The summed E-state index contributed by atoms with van der Waals surface area (Å²) in [5.74, 6) is 1.52. The van der Waals surface area contributed by atoms with Gasteiger partial charge in [-0.3, -0.25) is 4.79 Å². The van der Waals surface area contributed by atoms with Crippen LogP contribution in [0.2, 0.25) is 0 Å². The van der Waals surface area contributed by atoms with Gasteiger partial charge in [0.2, 0.25) is 5.91 Å². The van der Waals surface area contributed by atoms with Crippen molar-refractivity contribution in [2.75, 3.05) is 13.2 Å². The van der Waals surface area contributed by atoms with E-state index in [0.717, 1.165) is 29.0 Å². The zero-order chi connectivity index (χ0) is 12.0. The third-order valence-corrected chi connectivity index (χ3v) is 3.97. The quantitative estimate of drug-likeness (QED) is 0.854. The number of halogens is 2. The zero-order valence-corrected chi connectivity index (χ0v) is 10.9. The predicted molar refractivity (Wildman–Crippen MR) is 63.3 cm³/mol. The molecule has 0 bridgehead atoms. The van der Waals surface area contributed by atoms with E-state index < -0.39 is 6.67 Å². The fourth-order valence-electron chi connectivity index (χ4n) is 2.27. The summed E-state index contributed by atoms with van der Waals surface area (Å²) in [6.07, 6.45) is 2.32. The van der Waals surface area contributed by atoms with Crippen LogP contribution in [0, 0.1) is 0 Å². The van der Waals surface area contributed by atoms with Gasteiger partial charge < -0.3 is 9.47 Å². The van der Waals surface area contributed by atoms with Crippen molar-refractivity contribution >= 4 is 21.8 Å². The molecule has 0 radical (unpaired) electrons. The maximum atomic E-state index is 12.3. The van der Waals surface area contributed by atoms with Crippen LogP contribution >= 0.6 is 15.9 Å². The Kier molecular flexibility index (Phi) is 2.69. The minimum atomic E-state index is -0.493. The van der Waals surface area contributed by atoms with Gasteiger partial charge in [0.15, 0.2) is 0 Å². The predicted octanol–water partition coefficient (Wildman–Crippen LogP) is 1.83. The van der Waals surface area contributed by atoms with Crippen LogP contribution < -0.4 is 0 Å². The van der Waals surface area contributed by atoms with Crippen molar-refractivity contribution in [3.63, 3.8) is 0 Å². The van der Waals surface area contributed by atoms with Gasteiger partial charge in [-0.1, -0.05) is 0 Å². The van der Waals surface area contributed by atoms with Crippen LogP contribution in [-0.2, 0) is 17.9 Å². The molecule has 6 heteroatoms. The van der Waals surface area contributed by atoms with Gasteiger partial charge in [-0.2, -0.15) is 0 Å². The standard InChI is InChI=1S/C11H13BrFN3O/c12-10-8-5-15(4-3-13)9(17)6-16(8)11(14-10)7-1-2-7/h7H,1-6H2. The minimum absolute atomic E-state index is 0.0121. The molecule has 0 atom stereocenters. The molecule has 92 valence electrons. The van der Waals surface area contributed by atoms with Crippen molar-refractivity contribution in [1.82, 2.24) is 14.5 Å². The molecule has 3 rings (SSSR count). The summed E-state index contributed by atoms with van der Waals surface area (Å²) in [4.78, 5) is 17.9. The molecule has 0 spiro atoms. The van der Waals surface area contributed by atoms with Crippen molar-refractivity contribution in [2.45, 2.75) is 31.8 Å². The van der Waals surface area contributed by atoms with Gasteiger partial charge in [0, 0.05) is 12.5 Å². The summed E-state index contributed by atoms with van der Waals surface area (Å²) in [5, 5.41) is 0. The maximum absolute atomic E-state index is 12.3. The third kappa shape index (κ3) is 1.88. The average molecular weight is 302 g/mol. The first-order valence-corrected chi connectivity index (χ1v) is 6.58. The Morgan fingerprint density at radius 3 is 2.82 bits per heavy atom. The van der Waals surface area contributed by atoms with Crippen molar-refractivity contribution in [3.8, 4) is 0 Å². The van der Waals surface area contributed by atoms with Gasteiger partial charge in [-0.25, -0.2) is 9.37 Å². The zero-order valence-electron chi connectivity index (χ0n) is 9.33. The number of carbonyl (C=O) groups excluding carboxylic acids is 1. The molecule has 1 fully saturated rings. The van der Waals surface area contributed by atoms with Crippen LogP contribution in [-0.4, -0.2) is 33.6 Å². The van der Waals surface area contributed by atoms with Gasteiger partial charge in [0.05, 0.1) is 12.2 Å². The maximum Gasteiger partial charge on any atom is 0.243 e. The first-order chi connectivity index (χ1) is 8.20. The third-order valence-electron chi connectivity index (χ3n) is 3.34. The number of fused-ring (bicyclic) bond motifs is 1. The highest BCUT2D eigenvalue weighted by Gasteiger charge is 2.34. The fourth-order valence-corrected chi connectivity index (χ4v) is 2.79. The lowest BCUT2D eigenvalue weighted by molar-refractivity contribution is -0.134. The highest BCUT2D eigenvalue weighted by Crippen LogP contribution is 2.41. The molecule has 17 heavy (non-hydrogen) atoms. The van der Waals surface area contributed by atoms with E-state index in [9.17, 15) is 9.18 Å². The lowest BCUT2D eigenvalue weighted by Gasteiger charge is -2.28. The molecular weight excluding hydrogens is 289 g/mol. The Hall–Kier alpha value is -0.910. The number of carbonyl (C=O) groups is 1. The number of amides is 1. The smallest absolute Gasteiger partial charge is 0.243 e. The Labute approximate surface area is 107 Å². The fraction of sp³-hybridized carbons (Fsp3) is 0.636. The molecule has 1 aromatic rings. The summed E-state index contributed by atoms with van der Waals surface area (Å²) in [7, 11) is 0. The van der Waals surface area contributed by atoms with E-state index in [-0.39, 0.29) is 12.5 Å². The van der Waals surface area contributed by atoms with E-state index in [2.05, 4.69) is 20.9 Å². The van der Waals surface area contributed by atoms with Gasteiger partial charge in [0.1, 0.15) is 23.6 Å². The topological polar surface area (TPSA) is 38.1 Å². The largest absolute Gasteiger partial charge is 0.333 e. The van der Waals surface area contributed by atoms with Gasteiger partial charge >= 0.3 is 0 Å². The number of aromatic nitrogens is 2. The average Bonchev–Trinajstić information content (AvgIpc) is 3.08. The van der Waals surface area contributed by atoms with E-state index in [1.165, 1.54) is 0 Å². The number of hydrogen-bond acceptors (Lipinski definition) is 2. The van der Waals surface area contributed by atoms with Crippen LogP contribution in [0.25, 0.3) is 0 Å².